The van der Waals surface area contributed by atoms with Crippen LogP contribution in [0.5, 0.6) is 11.5 Å². The molecule has 0 atom stereocenters. The molecular formula is C14H11F2N3O4. The fourth-order valence-electron chi connectivity index (χ4n) is 1.93. The average Bonchev–Trinajstić information content (AvgIpc) is 2.95. The Balaban J connectivity index is 0.000000136. The summed E-state index contributed by atoms with van der Waals surface area (Å²) in [7, 11) is 0. The number of nitrogen functional groups attached to an aromatic ring is 2. The van der Waals surface area contributed by atoms with Crippen molar-refractivity contribution in [1.29, 1.82) is 0 Å². The van der Waals surface area contributed by atoms with Gasteiger partial charge in [0.05, 0.1) is 5.52 Å². The van der Waals surface area contributed by atoms with Gasteiger partial charge in [0.15, 0.2) is 17.1 Å². The topological polar surface area (TPSA) is 117 Å². The van der Waals surface area contributed by atoms with Crippen LogP contribution in [0.1, 0.15) is 0 Å². The van der Waals surface area contributed by atoms with Crippen LogP contribution in [0.3, 0.4) is 0 Å². The number of benzene rings is 2. The molecule has 0 saturated heterocycles. The number of H-pyrrole nitrogens is 1. The third-order valence-electron chi connectivity index (χ3n) is 2.87. The minimum absolute atomic E-state index is 0.00852. The Labute approximate surface area is 127 Å². The van der Waals surface area contributed by atoms with E-state index in [1.54, 1.807) is 18.2 Å². The predicted octanol–water partition coefficient (Wildman–Crippen LogP) is 2.29. The minimum atomic E-state index is -3.56. The maximum absolute atomic E-state index is 12.4. The number of ether oxygens (including phenoxy) is 2. The van der Waals surface area contributed by atoms with E-state index in [4.69, 9.17) is 15.9 Å². The molecular weight excluding hydrogens is 312 g/mol. The van der Waals surface area contributed by atoms with Gasteiger partial charge in [-0.2, -0.15) is 0 Å². The molecule has 0 fully saturated rings. The average molecular weight is 323 g/mol. The van der Waals surface area contributed by atoms with Crippen molar-refractivity contribution in [2.45, 2.75) is 6.29 Å². The van der Waals surface area contributed by atoms with Crippen molar-refractivity contribution < 1.29 is 22.7 Å². The highest BCUT2D eigenvalue weighted by Crippen LogP contribution is 2.41. The Morgan fingerprint density at radius 1 is 0.957 bits per heavy atom. The van der Waals surface area contributed by atoms with Crippen LogP contribution >= 0.6 is 0 Å². The molecule has 9 heteroatoms. The summed E-state index contributed by atoms with van der Waals surface area (Å²) in [6.45, 7) is 0. The zero-order valence-electron chi connectivity index (χ0n) is 11.5. The molecule has 2 aromatic carbocycles. The third-order valence-corrected chi connectivity index (χ3v) is 2.87. The fourth-order valence-corrected chi connectivity index (χ4v) is 1.93. The summed E-state index contributed by atoms with van der Waals surface area (Å²) < 4.78 is 37.8. The lowest BCUT2D eigenvalue weighted by Gasteiger charge is -2.04. The van der Waals surface area contributed by atoms with Gasteiger partial charge in [-0.1, -0.05) is 0 Å². The Bertz CT molecular complexity index is 920. The van der Waals surface area contributed by atoms with Crippen LogP contribution in [0.15, 0.2) is 45.6 Å². The molecule has 2 heterocycles. The number of nitrogens with two attached hydrogens (primary N) is 2. The molecule has 3 aromatic rings. The van der Waals surface area contributed by atoms with E-state index in [1.165, 1.54) is 18.2 Å². The van der Waals surface area contributed by atoms with Crippen LogP contribution in [-0.2, 0) is 0 Å². The van der Waals surface area contributed by atoms with E-state index < -0.39 is 12.1 Å². The highest BCUT2D eigenvalue weighted by Gasteiger charge is 2.43. The molecule has 0 amide bonds. The first-order chi connectivity index (χ1) is 10.8. The lowest BCUT2D eigenvalue weighted by atomic mass is 10.3. The van der Waals surface area contributed by atoms with Gasteiger partial charge in [0.25, 0.3) is 0 Å². The van der Waals surface area contributed by atoms with Crippen molar-refractivity contribution in [3.63, 3.8) is 0 Å². The number of nitrogens with one attached hydrogen (secondary N) is 1. The molecule has 1 aromatic heterocycles. The fraction of sp³-hybridized carbons (Fsp3) is 0.0714. The van der Waals surface area contributed by atoms with Gasteiger partial charge < -0.3 is 25.4 Å². The van der Waals surface area contributed by atoms with Gasteiger partial charge in [-0.3, -0.25) is 4.98 Å². The Hall–Kier alpha value is -3.23. The van der Waals surface area contributed by atoms with Crippen LogP contribution in [0.25, 0.3) is 11.1 Å². The van der Waals surface area contributed by atoms with Crippen molar-refractivity contribution >= 4 is 22.5 Å². The van der Waals surface area contributed by atoms with E-state index in [-0.39, 0.29) is 11.5 Å². The SMILES string of the molecule is Nc1ccc2[nH]c(=O)oc2c1.Nc1ccc2c(c1)OC(F)(F)O2. The standard InChI is InChI=1S/C7H5F2NO2.C7H6N2O2/c8-7(9)11-5-2-1-4(10)3-6(5)12-7;8-4-1-2-5-6(3-4)11-7(10)9-5/h1-3H,10H2;1-3H,8H2,(H,9,10). The number of hydrogen-bond acceptors (Lipinski definition) is 6. The Morgan fingerprint density at radius 3 is 2.39 bits per heavy atom. The van der Waals surface area contributed by atoms with Gasteiger partial charge in [-0.05, 0) is 24.3 Å². The van der Waals surface area contributed by atoms with Crippen molar-refractivity contribution in [3.8, 4) is 11.5 Å². The summed E-state index contributed by atoms with van der Waals surface area (Å²) in [5.74, 6) is -0.472. The first-order valence-electron chi connectivity index (χ1n) is 6.36. The van der Waals surface area contributed by atoms with Crippen molar-refractivity contribution in [3.05, 3.63) is 46.9 Å². The summed E-state index contributed by atoms with van der Waals surface area (Å²) in [5, 5.41) is 0. The monoisotopic (exact) mass is 323 g/mol. The van der Waals surface area contributed by atoms with Gasteiger partial charge in [0.1, 0.15) is 0 Å². The van der Waals surface area contributed by atoms with Gasteiger partial charge in [-0.25, -0.2) is 4.79 Å². The van der Waals surface area contributed by atoms with Crippen LogP contribution < -0.4 is 26.7 Å². The molecule has 1 aliphatic rings. The number of aromatic nitrogens is 1. The van der Waals surface area contributed by atoms with Crippen molar-refractivity contribution in [2.75, 3.05) is 11.5 Å². The maximum Gasteiger partial charge on any atom is 0.586 e. The molecule has 0 spiro atoms. The van der Waals surface area contributed by atoms with Gasteiger partial charge in [-0.15, -0.1) is 8.78 Å². The Kier molecular flexibility index (Phi) is 3.32. The summed E-state index contributed by atoms with van der Waals surface area (Å²) in [6, 6.07) is 9.10. The molecule has 7 nitrogen and oxygen atoms in total. The molecule has 0 saturated carbocycles. The number of hydrogen-bond donors (Lipinski definition) is 3. The van der Waals surface area contributed by atoms with Gasteiger partial charge >= 0.3 is 12.1 Å². The summed E-state index contributed by atoms with van der Waals surface area (Å²) in [4.78, 5) is 13.1. The van der Waals surface area contributed by atoms with Crippen LogP contribution in [0, 0.1) is 0 Å². The maximum atomic E-state index is 12.4. The summed E-state index contributed by atoms with van der Waals surface area (Å²) in [6.07, 6.45) is -3.56. The first-order valence-corrected chi connectivity index (χ1v) is 6.36. The van der Waals surface area contributed by atoms with Crippen molar-refractivity contribution in [2.24, 2.45) is 0 Å². The third kappa shape index (κ3) is 3.18. The second-order valence-corrected chi connectivity index (χ2v) is 4.64. The quantitative estimate of drug-likeness (QED) is 0.547. The van der Waals surface area contributed by atoms with E-state index in [1.807, 2.05) is 0 Å². The number of fused-ring (bicyclic) bond motifs is 2. The van der Waals surface area contributed by atoms with E-state index in [0.29, 0.717) is 22.5 Å². The smallest absolute Gasteiger partial charge is 0.408 e. The van der Waals surface area contributed by atoms with Crippen LogP contribution in [-0.4, -0.2) is 11.3 Å². The number of halogens is 2. The molecule has 120 valence electrons. The zero-order valence-corrected chi connectivity index (χ0v) is 11.5. The molecule has 4 rings (SSSR count). The second-order valence-electron chi connectivity index (χ2n) is 4.64. The molecule has 0 bridgehead atoms. The lowest BCUT2D eigenvalue weighted by molar-refractivity contribution is -0.286. The normalized spacial score (nSPS) is 14.3. The molecule has 1 aliphatic heterocycles. The zero-order chi connectivity index (χ0) is 16.6. The molecule has 0 unspecified atom stereocenters. The van der Waals surface area contributed by atoms with E-state index >= 15 is 0 Å². The van der Waals surface area contributed by atoms with E-state index in [9.17, 15) is 13.6 Å². The molecule has 5 N–H and O–H groups in total. The minimum Gasteiger partial charge on any atom is -0.408 e. The highest BCUT2D eigenvalue weighted by molar-refractivity contribution is 5.75. The number of oxazole rings is 1. The Morgan fingerprint density at radius 2 is 1.61 bits per heavy atom. The van der Waals surface area contributed by atoms with Crippen LogP contribution in [0.2, 0.25) is 0 Å². The predicted molar refractivity (Wildman–Crippen MR) is 78.3 cm³/mol. The molecule has 0 radical (unpaired) electrons. The van der Waals surface area contributed by atoms with Gasteiger partial charge in [0, 0.05) is 23.5 Å². The van der Waals surface area contributed by atoms with Gasteiger partial charge in [0.2, 0.25) is 0 Å². The number of anilines is 2. The van der Waals surface area contributed by atoms with Crippen molar-refractivity contribution in [1.82, 2.24) is 4.98 Å². The first kappa shape index (κ1) is 14.7. The second kappa shape index (κ2) is 5.20. The number of rotatable bonds is 0. The summed E-state index contributed by atoms with van der Waals surface area (Å²) >= 11 is 0. The molecule has 0 aliphatic carbocycles. The van der Waals surface area contributed by atoms with E-state index in [2.05, 4.69) is 14.5 Å². The lowest BCUT2D eigenvalue weighted by Crippen LogP contribution is -2.25. The van der Waals surface area contributed by atoms with E-state index in [0.717, 1.165) is 0 Å². The highest BCUT2D eigenvalue weighted by atomic mass is 19.3. The molecule has 23 heavy (non-hydrogen) atoms. The number of aromatic amines is 1. The largest absolute Gasteiger partial charge is 0.586 e. The number of alkyl halides is 2. The summed E-state index contributed by atoms with van der Waals surface area (Å²) in [5.41, 5.74) is 12.9. The van der Waals surface area contributed by atoms with Crippen LogP contribution in [0.4, 0.5) is 20.2 Å².